The van der Waals surface area contributed by atoms with Crippen LogP contribution in [0.25, 0.3) is 10.9 Å². The minimum atomic E-state index is -0.393. The Morgan fingerprint density at radius 3 is 2.73 bits per heavy atom. The summed E-state index contributed by atoms with van der Waals surface area (Å²) in [6, 6.07) is 9.54. The first-order valence-corrected chi connectivity index (χ1v) is 9.33. The van der Waals surface area contributed by atoms with Crippen molar-refractivity contribution >= 4 is 16.8 Å². The molecule has 1 N–H and O–H groups in total. The summed E-state index contributed by atoms with van der Waals surface area (Å²) in [4.78, 5) is 30.1. The van der Waals surface area contributed by atoms with Crippen molar-refractivity contribution in [3.05, 3.63) is 46.2 Å². The van der Waals surface area contributed by atoms with Gasteiger partial charge >= 0.3 is 0 Å². The fourth-order valence-corrected chi connectivity index (χ4v) is 3.76. The molecule has 0 unspecified atom stereocenters. The minimum absolute atomic E-state index is 0.0365. The summed E-state index contributed by atoms with van der Waals surface area (Å²) in [5.41, 5.74) is 1.24. The molecule has 1 aromatic carbocycles. The quantitative estimate of drug-likeness (QED) is 0.892. The number of rotatable bonds is 5. The smallest absolute Gasteiger partial charge is 0.253 e. The van der Waals surface area contributed by atoms with Crippen molar-refractivity contribution in [1.82, 2.24) is 9.88 Å². The third kappa shape index (κ3) is 3.66. The van der Waals surface area contributed by atoms with Crippen LogP contribution < -0.4 is 5.56 Å². The standard InChI is InChI=1S/C20H24N2O4/c23-19-15(11-14-5-1-2-7-17(14)21-19)12-22(13-16-6-3-9-25-16)20(24)18-8-4-10-26-18/h1-2,5,7,11,16,18H,3-4,6,8-10,12-13H2,(H,21,23)/t16-,18-/m0/s1. The number of hydrogen-bond donors (Lipinski definition) is 1. The summed E-state index contributed by atoms with van der Waals surface area (Å²) in [6.45, 7) is 2.15. The molecule has 0 saturated carbocycles. The number of benzene rings is 1. The third-order valence-corrected chi connectivity index (χ3v) is 5.16. The molecular weight excluding hydrogens is 332 g/mol. The monoisotopic (exact) mass is 356 g/mol. The van der Waals surface area contributed by atoms with Gasteiger partial charge in [-0.05, 0) is 43.2 Å². The zero-order valence-corrected chi connectivity index (χ0v) is 14.8. The lowest BCUT2D eigenvalue weighted by Gasteiger charge is -2.27. The maximum atomic E-state index is 12.9. The Morgan fingerprint density at radius 2 is 1.96 bits per heavy atom. The molecule has 2 aromatic rings. The van der Waals surface area contributed by atoms with Crippen LogP contribution in [0.5, 0.6) is 0 Å². The second-order valence-corrected chi connectivity index (χ2v) is 7.07. The van der Waals surface area contributed by atoms with Crippen LogP contribution in [0.1, 0.15) is 31.2 Å². The Labute approximate surface area is 152 Å². The van der Waals surface area contributed by atoms with Crippen molar-refractivity contribution in [2.24, 2.45) is 0 Å². The fraction of sp³-hybridized carbons (Fsp3) is 0.500. The van der Waals surface area contributed by atoms with Gasteiger partial charge in [0, 0.05) is 30.8 Å². The van der Waals surface area contributed by atoms with Crippen molar-refractivity contribution in [1.29, 1.82) is 0 Å². The Bertz CT molecular complexity index is 835. The molecule has 0 bridgehead atoms. The van der Waals surface area contributed by atoms with E-state index in [9.17, 15) is 9.59 Å². The molecule has 2 fully saturated rings. The second kappa shape index (κ2) is 7.60. The number of ether oxygens (including phenoxy) is 2. The highest BCUT2D eigenvalue weighted by molar-refractivity contribution is 5.82. The van der Waals surface area contributed by atoms with Crippen LogP contribution in [0.4, 0.5) is 0 Å². The highest BCUT2D eigenvalue weighted by atomic mass is 16.5. The van der Waals surface area contributed by atoms with Gasteiger partial charge in [0.2, 0.25) is 0 Å². The first kappa shape index (κ1) is 17.2. The number of amides is 1. The molecule has 26 heavy (non-hydrogen) atoms. The molecule has 4 rings (SSSR count). The Hall–Kier alpha value is -2.18. The molecule has 2 aliphatic rings. The normalized spacial score (nSPS) is 22.8. The highest BCUT2D eigenvalue weighted by Gasteiger charge is 2.31. The number of aromatic nitrogens is 1. The minimum Gasteiger partial charge on any atom is -0.376 e. The van der Waals surface area contributed by atoms with E-state index >= 15 is 0 Å². The van der Waals surface area contributed by atoms with Gasteiger partial charge in [-0.3, -0.25) is 9.59 Å². The summed E-state index contributed by atoms with van der Waals surface area (Å²) in [7, 11) is 0. The van der Waals surface area contributed by atoms with Gasteiger partial charge in [-0.15, -0.1) is 0 Å². The van der Waals surface area contributed by atoms with Gasteiger partial charge in [0.25, 0.3) is 11.5 Å². The predicted molar refractivity (Wildman–Crippen MR) is 97.9 cm³/mol. The molecule has 1 amide bonds. The molecule has 0 radical (unpaired) electrons. The van der Waals surface area contributed by atoms with Gasteiger partial charge < -0.3 is 19.4 Å². The molecule has 2 saturated heterocycles. The van der Waals surface area contributed by atoms with Crippen molar-refractivity contribution in [3.8, 4) is 0 Å². The van der Waals surface area contributed by atoms with Crippen LogP contribution in [-0.2, 0) is 20.8 Å². The Balaban J connectivity index is 1.59. The summed E-state index contributed by atoms with van der Waals surface area (Å²) in [5.74, 6) is -0.0365. The lowest BCUT2D eigenvalue weighted by molar-refractivity contribution is -0.143. The van der Waals surface area contributed by atoms with Crippen LogP contribution in [0, 0.1) is 0 Å². The molecule has 1 aromatic heterocycles. The van der Waals surface area contributed by atoms with E-state index in [1.165, 1.54) is 0 Å². The van der Waals surface area contributed by atoms with Crippen LogP contribution in [0.3, 0.4) is 0 Å². The molecule has 0 spiro atoms. The molecule has 6 heteroatoms. The maximum absolute atomic E-state index is 12.9. The maximum Gasteiger partial charge on any atom is 0.253 e. The number of nitrogens with zero attached hydrogens (tertiary/aromatic N) is 1. The fourth-order valence-electron chi connectivity index (χ4n) is 3.76. The van der Waals surface area contributed by atoms with E-state index < -0.39 is 6.10 Å². The second-order valence-electron chi connectivity index (χ2n) is 7.07. The van der Waals surface area contributed by atoms with E-state index in [0.717, 1.165) is 43.2 Å². The molecule has 2 atom stereocenters. The largest absolute Gasteiger partial charge is 0.376 e. The molecular formula is C20H24N2O4. The number of pyridine rings is 1. The number of H-pyrrole nitrogens is 1. The number of carbonyl (C=O) groups excluding carboxylic acids is 1. The van der Waals surface area contributed by atoms with E-state index in [2.05, 4.69) is 4.98 Å². The zero-order valence-electron chi connectivity index (χ0n) is 14.8. The van der Waals surface area contributed by atoms with Crippen LogP contribution in [0.15, 0.2) is 35.1 Å². The first-order chi connectivity index (χ1) is 12.7. The number of carbonyl (C=O) groups is 1. The Kier molecular flexibility index (Phi) is 5.04. The summed E-state index contributed by atoms with van der Waals surface area (Å²) >= 11 is 0. The van der Waals surface area contributed by atoms with Crippen LogP contribution >= 0.6 is 0 Å². The average Bonchev–Trinajstić information content (AvgIpc) is 3.35. The lowest BCUT2D eigenvalue weighted by atomic mass is 10.1. The van der Waals surface area contributed by atoms with Crippen LogP contribution in [-0.4, -0.2) is 47.8 Å². The lowest BCUT2D eigenvalue weighted by Crippen LogP contribution is -2.43. The molecule has 138 valence electrons. The van der Waals surface area contributed by atoms with Gasteiger partial charge in [-0.25, -0.2) is 0 Å². The summed E-state index contributed by atoms with van der Waals surface area (Å²) < 4.78 is 11.3. The number of aromatic amines is 1. The number of hydrogen-bond acceptors (Lipinski definition) is 4. The first-order valence-electron chi connectivity index (χ1n) is 9.33. The summed E-state index contributed by atoms with van der Waals surface area (Å²) in [5, 5.41) is 0.962. The predicted octanol–water partition coefficient (Wildman–Crippen LogP) is 2.21. The van der Waals surface area contributed by atoms with E-state index in [1.54, 1.807) is 4.90 Å². The van der Waals surface area contributed by atoms with E-state index in [4.69, 9.17) is 9.47 Å². The van der Waals surface area contributed by atoms with Crippen LogP contribution in [0.2, 0.25) is 0 Å². The average molecular weight is 356 g/mol. The van der Waals surface area contributed by atoms with Gasteiger partial charge in [0.05, 0.1) is 12.6 Å². The zero-order chi connectivity index (χ0) is 17.9. The van der Waals surface area contributed by atoms with Crippen molar-refractivity contribution in [2.45, 2.75) is 44.4 Å². The number of para-hydroxylation sites is 1. The topological polar surface area (TPSA) is 71.6 Å². The van der Waals surface area contributed by atoms with Gasteiger partial charge in [-0.2, -0.15) is 0 Å². The van der Waals surface area contributed by atoms with Gasteiger partial charge in [0.15, 0.2) is 0 Å². The SMILES string of the molecule is O=C([C@@H]1CCCO1)N(Cc1cc2ccccc2[nH]c1=O)C[C@@H]1CCCO1. The Morgan fingerprint density at radius 1 is 1.15 bits per heavy atom. The molecule has 3 heterocycles. The highest BCUT2D eigenvalue weighted by Crippen LogP contribution is 2.20. The van der Waals surface area contributed by atoms with E-state index in [0.29, 0.717) is 18.7 Å². The molecule has 0 aliphatic carbocycles. The third-order valence-electron chi connectivity index (χ3n) is 5.16. The number of nitrogens with one attached hydrogen (secondary N) is 1. The molecule has 6 nitrogen and oxygen atoms in total. The van der Waals surface area contributed by atoms with E-state index in [-0.39, 0.29) is 24.1 Å². The van der Waals surface area contributed by atoms with Gasteiger partial charge in [0.1, 0.15) is 6.10 Å². The summed E-state index contributed by atoms with van der Waals surface area (Å²) in [6.07, 6.45) is 3.26. The van der Waals surface area contributed by atoms with E-state index in [1.807, 2.05) is 30.3 Å². The van der Waals surface area contributed by atoms with Crippen molar-refractivity contribution in [3.63, 3.8) is 0 Å². The number of fused-ring (bicyclic) bond motifs is 1. The van der Waals surface area contributed by atoms with Gasteiger partial charge in [-0.1, -0.05) is 18.2 Å². The van der Waals surface area contributed by atoms with Crippen molar-refractivity contribution in [2.75, 3.05) is 19.8 Å². The van der Waals surface area contributed by atoms with Crippen molar-refractivity contribution < 1.29 is 14.3 Å². The molecule has 2 aliphatic heterocycles.